The van der Waals surface area contributed by atoms with Crippen molar-refractivity contribution >= 4 is 17.9 Å². The zero-order chi connectivity index (χ0) is 22.8. The molecule has 1 aliphatic rings. The average molecular weight is 436 g/mol. The van der Waals surface area contributed by atoms with Crippen molar-refractivity contribution in [1.82, 2.24) is 20.0 Å². The van der Waals surface area contributed by atoms with E-state index < -0.39 is 23.2 Å². The second-order valence-electron chi connectivity index (χ2n) is 7.79. The quantitative estimate of drug-likeness (QED) is 0.705. The lowest BCUT2D eigenvalue weighted by Crippen LogP contribution is -2.43. The number of hydrogen-bond acceptors (Lipinski definition) is 4. The molecule has 166 valence electrons. The maximum atomic E-state index is 12.6. The van der Waals surface area contributed by atoms with E-state index in [0.717, 1.165) is 23.9 Å². The van der Waals surface area contributed by atoms with Crippen molar-refractivity contribution in [2.75, 3.05) is 13.1 Å². The van der Waals surface area contributed by atoms with Crippen molar-refractivity contribution in [2.45, 2.75) is 38.7 Å². The van der Waals surface area contributed by atoms with Gasteiger partial charge in [-0.15, -0.1) is 0 Å². The summed E-state index contributed by atoms with van der Waals surface area (Å²) in [6.45, 7) is 4.30. The molecule has 0 spiro atoms. The van der Waals surface area contributed by atoms with Gasteiger partial charge in [-0.05, 0) is 43.7 Å². The number of aromatic nitrogens is 2. The van der Waals surface area contributed by atoms with E-state index in [1.165, 1.54) is 18.2 Å². The number of alkyl halides is 3. The minimum Gasteiger partial charge on any atom is -0.384 e. The first-order chi connectivity index (χ1) is 14.4. The largest absolute Gasteiger partial charge is 0.416 e. The summed E-state index contributed by atoms with van der Waals surface area (Å²) in [6, 6.07) is 6.15. The third-order valence-corrected chi connectivity index (χ3v) is 4.86. The van der Waals surface area contributed by atoms with E-state index in [9.17, 15) is 27.9 Å². The van der Waals surface area contributed by atoms with Crippen LogP contribution in [0.1, 0.15) is 36.4 Å². The molecule has 31 heavy (non-hydrogen) atoms. The predicted molar refractivity (Wildman–Crippen MR) is 106 cm³/mol. The Hall–Kier alpha value is -3.14. The maximum absolute atomic E-state index is 12.6. The summed E-state index contributed by atoms with van der Waals surface area (Å²) in [7, 11) is 0. The van der Waals surface area contributed by atoms with Gasteiger partial charge in [0.2, 0.25) is 11.8 Å². The van der Waals surface area contributed by atoms with Crippen LogP contribution in [0.2, 0.25) is 0 Å². The van der Waals surface area contributed by atoms with Crippen molar-refractivity contribution in [1.29, 1.82) is 0 Å². The Labute approximate surface area is 177 Å². The number of rotatable bonds is 5. The van der Waals surface area contributed by atoms with Crippen molar-refractivity contribution in [3.8, 4) is 0 Å². The van der Waals surface area contributed by atoms with Gasteiger partial charge in [0.15, 0.2) is 0 Å². The molecule has 1 aromatic heterocycles. The maximum Gasteiger partial charge on any atom is 0.416 e. The molecule has 2 aromatic rings. The fourth-order valence-electron chi connectivity index (χ4n) is 3.07. The van der Waals surface area contributed by atoms with Gasteiger partial charge in [-0.3, -0.25) is 14.3 Å². The van der Waals surface area contributed by atoms with Crippen LogP contribution in [-0.2, 0) is 34.5 Å². The minimum atomic E-state index is -4.41. The molecule has 0 bridgehead atoms. The minimum absolute atomic E-state index is 0.206. The van der Waals surface area contributed by atoms with Crippen molar-refractivity contribution in [3.05, 3.63) is 58.9 Å². The number of benzene rings is 1. The molecule has 10 heteroatoms. The molecule has 2 heterocycles. The third-order valence-electron chi connectivity index (χ3n) is 4.86. The van der Waals surface area contributed by atoms with Crippen LogP contribution in [-0.4, -0.2) is 44.7 Å². The van der Waals surface area contributed by atoms with Crippen LogP contribution in [0.15, 0.2) is 36.4 Å². The summed E-state index contributed by atoms with van der Waals surface area (Å²) < 4.78 is 39.4. The van der Waals surface area contributed by atoms with Crippen LogP contribution >= 0.6 is 0 Å². The Morgan fingerprint density at radius 2 is 1.87 bits per heavy atom. The molecule has 0 unspecified atom stereocenters. The summed E-state index contributed by atoms with van der Waals surface area (Å²) in [5, 5.41) is 16.9. The molecule has 1 aromatic carbocycles. The Morgan fingerprint density at radius 3 is 2.48 bits per heavy atom. The third kappa shape index (κ3) is 5.72. The van der Waals surface area contributed by atoms with Gasteiger partial charge >= 0.3 is 6.18 Å². The fraction of sp³-hybridized carbons (Fsp3) is 0.381. The first-order valence-corrected chi connectivity index (χ1v) is 9.64. The summed E-state index contributed by atoms with van der Waals surface area (Å²) in [4.78, 5) is 26.0. The summed E-state index contributed by atoms with van der Waals surface area (Å²) in [5.41, 5.74) is -0.0885. The number of fused-ring (bicyclic) bond motifs is 1. The number of carbonyl (C=O) groups is 2. The van der Waals surface area contributed by atoms with Gasteiger partial charge in [0.1, 0.15) is 5.60 Å². The molecule has 0 radical (unpaired) electrons. The average Bonchev–Trinajstić information content (AvgIpc) is 3.14. The lowest BCUT2D eigenvalue weighted by atomic mass is 10.1. The molecule has 0 fully saturated rings. The highest BCUT2D eigenvalue weighted by atomic mass is 19.4. The van der Waals surface area contributed by atoms with Gasteiger partial charge in [-0.1, -0.05) is 12.1 Å². The van der Waals surface area contributed by atoms with E-state index in [2.05, 4.69) is 10.4 Å². The van der Waals surface area contributed by atoms with Crippen LogP contribution in [0.3, 0.4) is 0 Å². The molecule has 3 rings (SSSR count). The van der Waals surface area contributed by atoms with Crippen LogP contribution < -0.4 is 5.32 Å². The van der Waals surface area contributed by atoms with Gasteiger partial charge < -0.3 is 15.3 Å². The Bertz CT molecular complexity index is 989. The standard InChI is InChI=1S/C21H23F3N4O3/c1-20(2,31)17-11-16-13-27(9-10-28(16)26-17)19(30)12-25-18(29)8-5-14-3-6-15(7-4-14)21(22,23)24/h3-8,11,31H,9-10,12-13H2,1-2H3,(H,25,29)/b8-5+. The second-order valence-corrected chi connectivity index (χ2v) is 7.79. The summed E-state index contributed by atoms with van der Waals surface area (Å²) >= 11 is 0. The molecular formula is C21H23F3N4O3. The van der Waals surface area contributed by atoms with Crippen molar-refractivity contribution in [3.63, 3.8) is 0 Å². The monoisotopic (exact) mass is 436 g/mol. The highest BCUT2D eigenvalue weighted by molar-refractivity contribution is 5.94. The van der Waals surface area contributed by atoms with E-state index in [-0.39, 0.29) is 12.5 Å². The number of carbonyl (C=O) groups excluding carboxylic acids is 2. The van der Waals surface area contributed by atoms with Gasteiger partial charge in [0.05, 0.1) is 36.6 Å². The molecule has 0 saturated heterocycles. The zero-order valence-electron chi connectivity index (χ0n) is 17.1. The lowest BCUT2D eigenvalue weighted by molar-refractivity contribution is -0.137. The normalized spacial score (nSPS) is 14.6. The highest BCUT2D eigenvalue weighted by Gasteiger charge is 2.30. The van der Waals surface area contributed by atoms with Crippen molar-refractivity contribution < 1.29 is 27.9 Å². The van der Waals surface area contributed by atoms with E-state index in [1.807, 2.05) is 0 Å². The van der Waals surface area contributed by atoms with E-state index in [1.54, 1.807) is 29.5 Å². The number of nitrogens with one attached hydrogen (secondary N) is 1. The van der Waals surface area contributed by atoms with Crippen molar-refractivity contribution in [2.24, 2.45) is 0 Å². The van der Waals surface area contributed by atoms with Crippen LogP contribution in [0.4, 0.5) is 13.2 Å². The Balaban J connectivity index is 1.51. The topological polar surface area (TPSA) is 87.5 Å². The number of halogens is 3. The molecule has 7 nitrogen and oxygen atoms in total. The molecule has 2 amide bonds. The summed E-state index contributed by atoms with van der Waals surface area (Å²) in [6.07, 6.45) is -1.88. The first kappa shape index (κ1) is 22.5. The Morgan fingerprint density at radius 1 is 1.19 bits per heavy atom. The molecule has 1 aliphatic heterocycles. The molecule has 0 aliphatic carbocycles. The van der Waals surface area contributed by atoms with Crippen LogP contribution in [0, 0.1) is 0 Å². The molecular weight excluding hydrogens is 413 g/mol. The van der Waals surface area contributed by atoms with Crippen LogP contribution in [0.5, 0.6) is 0 Å². The van der Waals surface area contributed by atoms with Gasteiger partial charge in [0.25, 0.3) is 0 Å². The molecule has 2 N–H and O–H groups in total. The van der Waals surface area contributed by atoms with E-state index >= 15 is 0 Å². The number of hydrogen-bond donors (Lipinski definition) is 2. The van der Waals surface area contributed by atoms with Gasteiger partial charge in [-0.2, -0.15) is 18.3 Å². The Kier molecular flexibility index (Phi) is 6.21. The molecule has 0 atom stereocenters. The second kappa shape index (κ2) is 8.54. The van der Waals surface area contributed by atoms with Gasteiger partial charge in [-0.25, -0.2) is 0 Å². The number of amides is 2. The fourth-order valence-corrected chi connectivity index (χ4v) is 3.07. The summed E-state index contributed by atoms with van der Waals surface area (Å²) in [5.74, 6) is -0.798. The highest BCUT2D eigenvalue weighted by Crippen LogP contribution is 2.29. The zero-order valence-corrected chi connectivity index (χ0v) is 17.1. The van der Waals surface area contributed by atoms with E-state index in [4.69, 9.17) is 0 Å². The SMILES string of the molecule is CC(C)(O)c1cc2n(n1)CCN(C(=O)CNC(=O)/C=C/c1ccc(C(F)(F)F)cc1)C2. The van der Waals surface area contributed by atoms with Gasteiger partial charge in [0, 0.05) is 12.6 Å². The number of aliphatic hydroxyl groups is 1. The lowest BCUT2D eigenvalue weighted by Gasteiger charge is -2.27. The smallest absolute Gasteiger partial charge is 0.384 e. The number of nitrogens with zero attached hydrogens (tertiary/aromatic N) is 3. The predicted octanol–water partition coefficient (Wildman–Crippen LogP) is 2.30. The molecule has 0 saturated carbocycles. The first-order valence-electron chi connectivity index (χ1n) is 9.64. The van der Waals surface area contributed by atoms with Crippen LogP contribution in [0.25, 0.3) is 6.08 Å². The van der Waals surface area contributed by atoms with E-state index in [0.29, 0.717) is 30.9 Å².